The van der Waals surface area contributed by atoms with Crippen molar-refractivity contribution in [2.24, 2.45) is 0 Å². The summed E-state index contributed by atoms with van der Waals surface area (Å²) < 4.78 is 28.2. The molecule has 2 saturated heterocycles. The zero-order chi connectivity index (χ0) is 25.2. The molecule has 1 N–H and O–H groups in total. The predicted octanol–water partition coefficient (Wildman–Crippen LogP) is 4.08. The van der Waals surface area contributed by atoms with E-state index in [1.807, 2.05) is 6.07 Å². The quantitative estimate of drug-likeness (QED) is 0.377. The van der Waals surface area contributed by atoms with Crippen LogP contribution in [0.25, 0.3) is 33.2 Å². The van der Waals surface area contributed by atoms with Gasteiger partial charge in [0.25, 0.3) is 0 Å². The minimum absolute atomic E-state index is 0.0103. The molecule has 2 aliphatic rings. The van der Waals surface area contributed by atoms with Gasteiger partial charge in [-0.05, 0) is 57.3 Å². The molecule has 0 saturated carbocycles. The van der Waals surface area contributed by atoms with E-state index in [9.17, 15) is 4.79 Å². The summed E-state index contributed by atoms with van der Waals surface area (Å²) in [6.45, 7) is 5.18. The third-order valence-corrected chi connectivity index (χ3v) is 7.43. The fourth-order valence-corrected chi connectivity index (χ4v) is 5.49. The highest BCUT2D eigenvalue weighted by molar-refractivity contribution is 6.02. The van der Waals surface area contributed by atoms with E-state index in [0.29, 0.717) is 58.9 Å². The number of likely N-dealkylation sites (tertiary alicyclic amines) is 1. The topological polar surface area (TPSA) is 98.2 Å². The summed E-state index contributed by atoms with van der Waals surface area (Å²) in [5.74, 6) is 0.101. The lowest BCUT2D eigenvalue weighted by Crippen LogP contribution is -2.31. The summed E-state index contributed by atoms with van der Waals surface area (Å²) in [6.07, 6.45) is 7.93. The van der Waals surface area contributed by atoms with Crippen LogP contribution in [0.5, 0.6) is 5.88 Å². The number of aromatic amines is 1. The molecule has 0 amide bonds. The number of halogens is 1. The van der Waals surface area contributed by atoms with Crippen LogP contribution in [0.2, 0.25) is 0 Å². The summed E-state index contributed by atoms with van der Waals surface area (Å²) >= 11 is 0. The number of nitrogens with one attached hydrogen (secondary N) is 1. The number of ether oxygens (including phenoxy) is 2. The van der Waals surface area contributed by atoms with Crippen LogP contribution in [0.15, 0.2) is 35.3 Å². The Morgan fingerprint density at radius 3 is 2.73 bits per heavy atom. The van der Waals surface area contributed by atoms with Gasteiger partial charge in [0.05, 0.1) is 12.1 Å². The van der Waals surface area contributed by atoms with Crippen LogP contribution in [0.4, 0.5) is 4.39 Å². The highest BCUT2D eigenvalue weighted by Crippen LogP contribution is 2.32. The average molecular weight is 507 g/mol. The predicted molar refractivity (Wildman–Crippen MR) is 138 cm³/mol. The molecule has 5 heterocycles. The van der Waals surface area contributed by atoms with Crippen LogP contribution in [-0.2, 0) is 4.74 Å². The van der Waals surface area contributed by atoms with Gasteiger partial charge in [0.2, 0.25) is 5.88 Å². The summed E-state index contributed by atoms with van der Waals surface area (Å²) in [4.78, 5) is 22.5. The Bertz CT molecular complexity index is 1440. The molecular formula is C27H31FN6O3. The highest BCUT2D eigenvalue weighted by atomic mass is 19.1. The van der Waals surface area contributed by atoms with Crippen LogP contribution in [-0.4, -0.2) is 69.1 Å². The third kappa shape index (κ3) is 4.95. The molecule has 0 atom stereocenters. The maximum absolute atomic E-state index is 15.2. The first-order valence-electron chi connectivity index (χ1n) is 13.2. The van der Waals surface area contributed by atoms with E-state index in [4.69, 9.17) is 9.47 Å². The largest absolute Gasteiger partial charge is 0.478 e. The summed E-state index contributed by atoms with van der Waals surface area (Å²) in [7, 11) is 0. The van der Waals surface area contributed by atoms with Gasteiger partial charge < -0.3 is 14.4 Å². The van der Waals surface area contributed by atoms with Crippen molar-refractivity contribution in [3.8, 4) is 17.0 Å². The lowest BCUT2D eigenvalue weighted by atomic mass is 10.0. The van der Waals surface area contributed by atoms with Crippen molar-refractivity contribution in [2.75, 3.05) is 39.5 Å². The number of aromatic nitrogens is 5. The van der Waals surface area contributed by atoms with Crippen molar-refractivity contribution in [1.82, 2.24) is 29.6 Å². The zero-order valence-electron chi connectivity index (χ0n) is 20.8. The summed E-state index contributed by atoms with van der Waals surface area (Å²) in [5.41, 5.74) is 2.21. The fourth-order valence-electron chi connectivity index (χ4n) is 5.49. The Morgan fingerprint density at radius 2 is 1.95 bits per heavy atom. The second-order valence-corrected chi connectivity index (χ2v) is 9.88. The van der Waals surface area contributed by atoms with Gasteiger partial charge in [0, 0.05) is 60.6 Å². The zero-order valence-corrected chi connectivity index (χ0v) is 20.8. The first-order chi connectivity index (χ1) is 18.2. The minimum atomic E-state index is -0.423. The number of pyridine rings is 1. The number of hydrogen-bond acceptors (Lipinski definition) is 7. The second-order valence-electron chi connectivity index (χ2n) is 9.88. The molecule has 194 valence electrons. The number of hydrogen-bond donors (Lipinski definition) is 1. The van der Waals surface area contributed by atoms with E-state index < -0.39 is 5.82 Å². The molecule has 0 bridgehead atoms. The van der Waals surface area contributed by atoms with Gasteiger partial charge in [0.15, 0.2) is 5.65 Å². The lowest BCUT2D eigenvalue weighted by molar-refractivity contribution is 0.0698. The standard InChI is InChI=1S/C27H31FN6O3/c28-22-16-23-21(25-26(32-31-23)30-27(35)34(25)19-7-13-36-14-8-19)15-20(22)18-5-6-24(29-17-18)37-12-4-11-33-9-2-1-3-10-33/h5-6,15-17,19H,1-4,7-14H2,(H,30,32,35). The van der Waals surface area contributed by atoms with Crippen molar-refractivity contribution < 1.29 is 13.9 Å². The van der Waals surface area contributed by atoms with E-state index in [2.05, 4.69) is 25.1 Å². The molecule has 0 aliphatic carbocycles. The third-order valence-electron chi connectivity index (χ3n) is 7.43. The number of benzene rings is 1. The van der Waals surface area contributed by atoms with Crippen molar-refractivity contribution >= 4 is 22.1 Å². The molecule has 37 heavy (non-hydrogen) atoms. The molecule has 0 spiro atoms. The Kier molecular flexibility index (Phi) is 6.84. The Balaban J connectivity index is 1.25. The van der Waals surface area contributed by atoms with Gasteiger partial charge in [-0.3, -0.25) is 9.55 Å². The Labute approximate surface area is 213 Å². The molecule has 6 rings (SSSR count). The molecule has 9 nitrogen and oxygen atoms in total. The van der Waals surface area contributed by atoms with Crippen LogP contribution >= 0.6 is 0 Å². The number of fused-ring (bicyclic) bond motifs is 3. The van der Waals surface area contributed by atoms with Gasteiger partial charge in [-0.25, -0.2) is 14.2 Å². The fraction of sp³-hybridized carbons (Fsp3) is 0.481. The SMILES string of the molecule is O=c1[nH]c2nnc3cc(F)c(-c4ccc(OCCCN5CCCCC5)nc4)cc3c2n1C1CCOCC1. The smallest absolute Gasteiger partial charge is 0.328 e. The monoisotopic (exact) mass is 506 g/mol. The molecule has 10 heteroatoms. The maximum atomic E-state index is 15.2. The molecule has 1 aromatic carbocycles. The van der Waals surface area contributed by atoms with Crippen molar-refractivity contribution in [1.29, 1.82) is 0 Å². The Hall–Kier alpha value is -3.37. The first-order valence-corrected chi connectivity index (χ1v) is 13.2. The maximum Gasteiger partial charge on any atom is 0.328 e. The molecule has 2 fully saturated rings. The molecule has 4 aromatic rings. The average Bonchev–Trinajstić information content (AvgIpc) is 3.28. The van der Waals surface area contributed by atoms with E-state index in [1.54, 1.807) is 22.9 Å². The highest BCUT2D eigenvalue weighted by Gasteiger charge is 2.23. The van der Waals surface area contributed by atoms with Crippen LogP contribution in [0, 0.1) is 5.82 Å². The van der Waals surface area contributed by atoms with E-state index in [0.717, 1.165) is 25.8 Å². The number of H-pyrrole nitrogens is 1. The van der Waals surface area contributed by atoms with E-state index in [1.165, 1.54) is 38.4 Å². The molecule has 3 aromatic heterocycles. The van der Waals surface area contributed by atoms with Crippen LogP contribution in [0.1, 0.15) is 44.6 Å². The molecule has 0 unspecified atom stereocenters. The van der Waals surface area contributed by atoms with Gasteiger partial charge in [-0.1, -0.05) is 6.42 Å². The Morgan fingerprint density at radius 1 is 1.11 bits per heavy atom. The van der Waals surface area contributed by atoms with Crippen molar-refractivity contribution in [3.63, 3.8) is 0 Å². The van der Waals surface area contributed by atoms with Crippen molar-refractivity contribution in [3.05, 3.63) is 46.8 Å². The molecular weight excluding hydrogens is 475 g/mol. The molecule has 2 aliphatic heterocycles. The summed E-state index contributed by atoms with van der Waals surface area (Å²) in [6, 6.07) is 6.68. The second kappa shape index (κ2) is 10.5. The molecule has 0 radical (unpaired) electrons. The van der Waals surface area contributed by atoms with Crippen LogP contribution < -0.4 is 10.4 Å². The number of imidazole rings is 1. The minimum Gasteiger partial charge on any atom is -0.478 e. The van der Waals surface area contributed by atoms with E-state index in [-0.39, 0.29) is 11.7 Å². The van der Waals surface area contributed by atoms with Gasteiger partial charge in [-0.15, -0.1) is 10.2 Å². The van der Waals surface area contributed by atoms with Gasteiger partial charge in [0.1, 0.15) is 11.3 Å². The lowest BCUT2D eigenvalue weighted by Gasteiger charge is -2.26. The number of piperidine rings is 1. The van der Waals surface area contributed by atoms with Crippen LogP contribution in [0.3, 0.4) is 0 Å². The first kappa shape index (κ1) is 24.0. The normalized spacial score (nSPS) is 17.5. The van der Waals surface area contributed by atoms with Crippen molar-refractivity contribution in [2.45, 2.75) is 44.6 Å². The number of nitrogens with zero attached hydrogens (tertiary/aromatic N) is 5. The van der Waals surface area contributed by atoms with E-state index >= 15 is 4.39 Å². The summed E-state index contributed by atoms with van der Waals surface area (Å²) in [5, 5.41) is 8.98. The number of rotatable bonds is 7. The van der Waals surface area contributed by atoms with Gasteiger partial charge in [-0.2, -0.15) is 0 Å². The van der Waals surface area contributed by atoms with Gasteiger partial charge >= 0.3 is 5.69 Å².